The van der Waals surface area contributed by atoms with Crippen LogP contribution in [0, 0.1) is 0 Å². The molecule has 0 aliphatic heterocycles. The number of hydrogen-bond donors (Lipinski definition) is 0. The van der Waals surface area contributed by atoms with Crippen molar-refractivity contribution in [1.29, 1.82) is 0 Å². The quantitative estimate of drug-likeness (QED) is 0.582. The Labute approximate surface area is 67.6 Å². The average Bonchev–Trinajstić information content (AvgIpc) is 1.86. The topological polar surface area (TPSA) is 29.5 Å². The number of methoxy groups -OCH3 is 1. The van der Waals surface area contributed by atoms with Crippen LogP contribution in [0.5, 0.6) is 0 Å². The van der Waals surface area contributed by atoms with E-state index < -0.39 is 0 Å². The summed E-state index contributed by atoms with van der Waals surface area (Å²) in [5.41, 5.74) is -0.269. The zero-order chi connectivity index (χ0) is 9.07. The van der Waals surface area contributed by atoms with Gasteiger partial charge in [-0.05, 0) is 20.8 Å². The maximum absolute atomic E-state index is 11.0. The molecule has 0 radical (unpaired) electrons. The molecule has 0 fully saturated rings. The minimum atomic E-state index is -0.382. The summed E-state index contributed by atoms with van der Waals surface area (Å²) in [5.74, 6) is 0. The van der Waals surface area contributed by atoms with Crippen molar-refractivity contribution in [2.45, 2.75) is 26.3 Å². The molecule has 0 heterocycles. The second-order valence-corrected chi connectivity index (χ2v) is 3.19. The van der Waals surface area contributed by atoms with Crippen molar-refractivity contribution < 1.29 is 9.53 Å². The summed E-state index contributed by atoms with van der Waals surface area (Å²) in [6.45, 7) is 9.25. The predicted molar refractivity (Wildman–Crippen MR) is 44.2 cm³/mol. The van der Waals surface area contributed by atoms with Gasteiger partial charge in [0, 0.05) is 11.7 Å². The van der Waals surface area contributed by atoms with Crippen LogP contribution in [0.2, 0.25) is 0 Å². The van der Waals surface area contributed by atoms with Gasteiger partial charge in [-0.15, -0.1) is 0 Å². The smallest absolute Gasteiger partial charge is 0.413 e. The van der Waals surface area contributed by atoms with E-state index in [0.717, 1.165) is 0 Å². The lowest BCUT2D eigenvalue weighted by Crippen LogP contribution is -2.41. The molecule has 64 valence electrons. The third-order valence-electron chi connectivity index (χ3n) is 1.28. The second kappa shape index (κ2) is 3.42. The van der Waals surface area contributed by atoms with Crippen LogP contribution in [0.1, 0.15) is 20.8 Å². The van der Waals surface area contributed by atoms with Crippen LogP contribution in [0.3, 0.4) is 0 Å². The number of amides is 1. The van der Waals surface area contributed by atoms with Crippen molar-refractivity contribution >= 4 is 6.09 Å². The van der Waals surface area contributed by atoms with Crippen molar-refractivity contribution in [2.24, 2.45) is 0 Å². The Hall–Kier alpha value is -0.990. The van der Waals surface area contributed by atoms with E-state index in [1.165, 1.54) is 18.2 Å². The molecule has 0 bridgehead atoms. The van der Waals surface area contributed by atoms with Gasteiger partial charge in [-0.2, -0.15) is 0 Å². The fourth-order valence-electron chi connectivity index (χ4n) is 0.721. The van der Waals surface area contributed by atoms with Gasteiger partial charge in [-0.1, -0.05) is 6.58 Å². The zero-order valence-electron chi connectivity index (χ0n) is 7.55. The molecule has 0 aromatic rings. The predicted octanol–water partition coefficient (Wildman–Crippen LogP) is 2.00. The highest BCUT2D eigenvalue weighted by Crippen LogP contribution is 2.13. The van der Waals surface area contributed by atoms with Gasteiger partial charge in [0.15, 0.2) is 0 Å². The first-order valence-corrected chi connectivity index (χ1v) is 3.43. The first-order chi connectivity index (χ1) is 4.93. The van der Waals surface area contributed by atoms with Crippen LogP contribution < -0.4 is 0 Å². The van der Waals surface area contributed by atoms with Crippen LogP contribution in [-0.2, 0) is 4.74 Å². The molecule has 0 aromatic carbocycles. The largest absolute Gasteiger partial charge is 0.452 e. The monoisotopic (exact) mass is 157 g/mol. The summed E-state index contributed by atoms with van der Waals surface area (Å²) in [4.78, 5) is 12.5. The van der Waals surface area contributed by atoms with Crippen LogP contribution in [0.15, 0.2) is 12.8 Å². The van der Waals surface area contributed by atoms with Crippen LogP contribution in [0.25, 0.3) is 0 Å². The molecule has 0 aliphatic rings. The highest BCUT2D eigenvalue weighted by atomic mass is 16.5. The zero-order valence-corrected chi connectivity index (χ0v) is 7.55. The molecule has 0 spiro atoms. The van der Waals surface area contributed by atoms with E-state index in [4.69, 9.17) is 0 Å². The lowest BCUT2D eigenvalue weighted by Gasteiger charge is -2.30. The maximum Gasteiger partial charge on any atom is 0.413 e. The molecule has 0 N–H and O–H groups in total. The molecule has 0 saturated carbocycles. The number of carbonyl (C=O) groups excluding carboxylic acids is 1. The molecule has 0 unspecified atom stereocenters. The van der Waals surface area contributed by atoms with E-state index in [9.17, 15) is 4.79 Å². The molecule has 11 heavy (non-hydrogen) atoms. The molecule has 0 atom stereocenters. The molecule has 0 rings (SSSR count). The van der Waals surface area contributed by atoms with Gasteiger partial charge in [0.25, 0.3) is 0 Å². The van der Waals surface area contributed by atoms with Gasteiger partial charge >= 0.3 is 6.09 Å². The third kappa shape index (κ3) is 2.62. The van der Waals surface area contributed by atoms with E-state index >= 15 is 0 Å². The van der Waals surface area contributed by atoms with Crippen molar-refractivity contribution in [3.05, 3.63) is 12.8 Å². The molecular weight excluding hydrogens is 142 g/mol. The van der Waals surface area contributed by atoms with Crippen molar-refractivity contribution in [2.75, 3.05) is 7.11 Å². The van der Waals surface area contributed by atoms with Gasteiger partial charge in [0.2, 0.25) is 0 Å². The van der Waals surface area contributed by atoms with Crippen molar-refractivity contribution in [1.82, 2.24) is 4.90 Å². The average molecular weight is 157 g/mol. The number of nitrogens with zero attached hydrogens (tertiary/aromatic N) is 1. The van der Waals surface area contributed by atoms with E-state index in [1.54, 1.807) is 0 Å². The lowest BCUT2D eigenvalue weighted by atomic mass is 10.1. The van der Waals surface area contributed by atoms with Gasteiger partial charge < -0.3 is 4.74 Å². The van der Waals surface area contributed by atoms with Crippen molar-refractivity contribution in [3.8, 4) is 0 Å². The van der Waals surface area contributed by atoms with Gasteiger partial charge in [0.05, 0.1) is 7.11 Å². The van der Waals surface area contributed by atoms with E-state index in [-0.39, 0.29) is 11.6 Å². The molecular formula is C8H15NO2. The third-order valence-corrected chi connectivity index (χ3v) is 1.28. The summed E-state index contributed by atoms with van der Waals surface area (Å²) in [6, 6.07) is 0. The number of carbonyl (C=O) groups is 1. The molecule has 0 aromatic heterocycles. The van der Waals surface area contributed by atoms with Crippen LogP contribution in [0.4, 0.5) is 4.79 Å². The second-order valence-electron chi connectivity index (χ2n) is 3.19. The first-order valence-electron chi connectivity index (χ1n) is 3.43. The number of hydrogen-bond acceptors (Lipinski definition) is 2. The Morgan fingerprint density at radius 3 is 2.09 bits per heavy atom. The summed E-state index contributed by atoms with van der Waals surface area (Å²) in [5, 5.41) is 0. The summed E-state index contributed by atoms with van der Waals surface area (Å²) in [6.07, 6.45) is 1.08. The SMILES string of the molecule is C=CN(C(=O)OC)C(C)(C)C. The summed E-state index contributed by atoms with van der Waals surface area (Å²) >= 11 is 0. The Morgan fingerprint density at radius 2 is 2.00 bits per heavy atom. The lowest BCUT2D eigenvalue weighted by molar-refractivity contribution is 0.110. The Balaban J connectivity index is 4.41. The highest BCUT2D eigenvalue weighted by Gasteiger charge is 2.24. The van der Waals surface area contributed by atoms with Gasteiger partial charge in [-0.3, -0.25) is 4.90 Å². The number of rotatable bonds is 1. The van der Waals surface area contributed by atoms with Crippen LogP contribution in [-0.4, -0.2) is 23.6 Å². The van der Waals surface area contributed by atoms with Crippen molar-refractivity contribution in [3.63, 3.8) is 0 Å². The Bertz CT molecular complexity index is 158. The number of ether oxygens (including phenoxy) is 1. The molecule has 3 nitrogen and oxygen atoms in total. The van der Waals surface area contributed by atoms with Gasteiger partial charge in [0.1, 0.15) is 0 Å². The minimum Gasteiger partial charge on any atom is -0.452 e. The minimum absolute atomic E-state index is 0.269. The highest BCUT2D eigenvalue weighted by molar-refractivity contribution is 5.69. The fourth-order valence-corrected chi connectivity index (χ4v) is 0.721. The molecule has 0 aliphatic carbocycles. The molecule has 3 heteroatoms. The first kappa shape index (κ1) is 10.0. The van der Waals surface area contributed by atoms with E-state index in [2.05, 4.69) is 11.3 Å². The van der Waals surface area contributed by atoms with Gasteiger partial charge in [-0.25, -0.2) is 4.79 Å². The Kier molecular flexibility index (Phi) is 3.11. The van der Waals surface area contributed by atoms with E-state index in [1.807, 2.05) is 20.8 Å². The van der Waals surface area contributed by atoms with E-state index in [0.29, 0.717) is 0 Å². The normalized spacial score (nSPS) is 10.5. The maximum atomic E-state index is 11.0. The molecule has 1 amide bonds. The summed E-state index contributed by atoms with van der Waals surface area (Å²) < 4.78 is 4.55. The fraction of sp³-hybridized carbons (Fsp3) is 0.625. The standard InChI is InChI=1S/C8H15NO2/c1-6-9(7(10)11-5)8(2,3)4/h6H,1H2,2-5H3. The molecule has 0 saturated heterocycles. The summed E-state index contributed by atoms with van der Waals surface area (Å²) in [7, 11) is 1.35. The van der Waals surface area contributed by atoms with Crippen LogP contribution >= 0.6 is 0 Å². The Morgan fingerprint density at radius 1 is 1.55 bits per heavy atom.